The first-order valence-corrected chi connectivity index (χ1v) is 6.31. The molecule has 1 unspecified atom stereocenters. The van der Waals surface area contributed by atoms with Crippen LogP contribution in [0, 0.1) is 0 Å². The van der Waals surface area contributed by atoms with Crippen molar-refractivity contribution in [1.29, 1.82) is 0 Å². The molecule has 2 N–H and O–H groups in total. The number of carboxylic acids is 1. The first-order chi connectivity index (χ1) is 7.98. The number of likely N-dealkylation sites (N-methyl/N-ethyl adjacent to an activating group) is 2. The van der Waals surface area contributed by atoms with Crippen molar-refractivity contribution in [2.45, 2.75) is 25.3 Å². The summed E-state index contributed by atoms with van der Waals surface area (Å²) in [6.07, 6.45) is 1.60. The van der Waals surface area contributed by atoms with Crippen molar-refractivity contribution in [1.82, 2.24) is 15.1 Å². The highest BCUT2D eigenvalue weighted by molar-refractivity contribution is 5.78. The van der Waals surface area contributed by atoms with Gasteiger partial charge in [0, 0.05) is 26.2 Å². The Bertz CT molecular complexity index is 252. The zero-order valence-corrected chi connectivity index (χ0v) is 11.2. The van der Waals surface area contributed by atoms with Gasteiger partial charge in [0.2, 0.25) is 0 Å². The van der Waals surface area contributed by atoms with Crippen molar-refractivity contribution in [2.75, 3.05) is 46.8 Å². The molecule has 1 saturated heterocycles. The van der Waals surface area contributed by atoms with Gasteiger partial charge in [0.25, 0.3) is 0 Å². The molecule has 0 saturated carbocycles. The Morgan fingerprint density at radius 2 is 1.94 bits per heavy atom. The average molecular weight is 243 g/mol. The van der Waals surface area contributed by atoms with Crippen molar-refractivity contribution in [3.05, 3.63) is 0 Å². The molecule has 0 bridgehead atoms. The van der Waals surface area contributed by atoms with Crippen LogP contribution in [0.3, 0.4) is 0 Å². The minimum Gasteiger partial charge on any atom is -0.480 e. The van der Waals surface area contributed by atoms with Crippen molar-refractivity contribution in [3.63, 3.8) is 0 Å². The molecule has 0 spiro atoms. The molecule has 0 aromatic rings. The van der Waals surface area contributed by atoms with Crippen LogP contribution in [0.2, 0.25) is 0 Å². The molecule has 0 amide bonds. The fourth-order valence-electron chi connectivity index (χ4n) is 2.07. The topological polar surface area (TPSA) is 55.8 Å². The van der Waals surface area contributed by atoms with Crippen LogP contribution >= 0.6 is 0 Å². The number of nitrogens with one attached hydrogen (secondary N) is 1. The molecule has 5 nitrogen and oxygen atoms in total. The number of carbonyl (C=O) groups is 1. The number of hydrogen-bond acceptors (Lipinski definition) is 4. The van der Waals surface area contributed by atoms with E-state index in [-0.39, 0.29) is 0 Å². The van der Waals surface area contributed by atoms with Gasteiger partial charge in [-0.15, -0.1) is 0 Å². The summed E-state index contributed by atoms with van der Waals surface area (Å²) < 4.78 is 0. The maximum absolute atomic E-state index is 11.1. The molecule has 1 aliphatic heterocycles. The monoisotopic (exact) mass is 243 g/mol. The maximum atomic E-state index is 11.1. The minimum absolute atomic E-state index is 0.672. The molecule has 0 aromatic heterocycles. The Labute approximate surface area is 104 Å². The van der Waals surface area contributed by atoms with E-state index in [1.54, 1.807) is 14.0 Å². The number of carboxylic acid groups (broad SMARTS) is 1. The summed E-state index contributed by atoms with van der Waals surface area (Å²) in [4.78, 5) is 15.8. The van der Waals surface area contributed by atoms with Gasteiger partial charge in [-0.3, -0.25) is 4.79 Å². The van der Waals surface area contributed by atoms with E-state index in [1.165, 1.54) is 0 Å². The number of nitrogens with zero attached hydrogens (tertiary/aromatic N) is 2. The molecular weight excluding hydrogens is 218 g/mol. The summed E-state index contributed by atoms with van der Waals surface area (Å²) >= 11 is 0. The highest BCUT2D eigenvalue weighted by Gasteiger charge is 2.30. The highest BCUT2D eigenvalue weighted by Crippen LogP contribution is 2.13. The summed E-state index contributed by atoms with van der Waals surface area (Å²) in [6, 6.07) is 0. The van der Waals surface area contributed by atoms with E-state index in [0.29, 0.717) is 6.42 Å². The Balaban J connectivity index is 2.25. The molecule has 5 heteroatoms. The molecule has 17 heavy (non-hydrogen) atoms. The van der Waals surface area contributed by atoms with E-state index in [2.05, 4.69) is 22.2 Å². The summed E-state index contributed by atoms with van der Waals surface area (Å²) in [5.74, 6) is -0.765. The molecule has 1 fully saturated rings. The van der Waals surface area contributed by atoms with Crippen molar-refractivity contribution in [3.8, 4) is 0 Å². The van der Waals surface area contributed by atoms with Crippen LogP contribution < -0.4 is 5.32 Å². The lowest BCUT2D eigenvalue weighted by Gasteiger charge is -2.33. The first-order valence-electron chi connectivity index (χ1n) is 6.31. The lowest BCUT2D eigenvalue weighted by molar-refractivity contribution is -0.144. The van der Waals surface area contributed by atoms with Crippen LogP contribution in [0.25, 0.3) is 0 Å². The predicted molar refractivity (Wildman–Crippen MR) is 68.3 cm³/mol. The van der Waals surface area contributed by atoms with Gasteiger partial charge < -0.3 is 20.2 Å². The lowest BCUT2D eigenvalue weighted by atomic mass is 9.96. The number of piperazine rings is 1. The number of hydrogen-bond donors (Lipinski definition) is 2. The van der Waals surface area contributed by atoms with Crippen LogP contribution in [0.5, 0.6) is 0 Å². The van der Waals surface area contributed by atoms with Gasteiger partial charge in [-0.1, -0.05) is 0 Å². The van der Waals surface area contributed by atoms with E-state index in [4.69, 9.17) is 5.11 Å². The fourth-order valence-corrected chi connectivity index (χ4v) is 2.07. The van der Waals surface area contributed by atoms with Crippen LogP contribution in [0.4, 0.5) is 0 Å². The molecule has 1 heterocycles. The van der Waals surface area contributed by atoms with Crippen LogP contribution in [0.1, 0.15) is 19.8 Å². The summed E-state index contributed by atoms with van der Waals surface area (Å²) in [7, 11) is 3.85. The van der Waals surface area contributed by atoms with Gasteiger partial charge in [0.15, 0.2) is 0 Å². The zero-order valence-electron chi connectivity index (χ0n) is 11.2. The molecule has 1 aliphatic rings. The molecule has 0 aromatic carbocycles. The SMILES string of the molecule is CNC(C)(CCCN1CCN(C)CC1)C(=O)O. The van der Waals surface area contributed by atoms with E-state index in [9.17, 15) is 4.79 Å². The Kier molecular flexibility index (Phi) is 5.36. The van der Waals surface area contributed by atoms with Crippen molar-refractivity contribution < 1.29 is 9.90 Å². The molecule has 1 atom stereocenters. The quantitative estimate of drug-likeness (QED) is 0.692. The molecule has 1 rings (SSSR count). The second kappa shape index (κ2) is 6.33. The van der Waals surface area contributed by atoms with Gasteiger partial charge >= 0.3 is 5.97 Å². The van der Waals surface area contributed by atoms with Gasteiger partial charge in [-0.2, -0.15) is 0 Å². The van der Waals surface area contributed by atoms with Crippen LogP contribution in [-0.4, -0.2) is 73.2 Å². The molecule has 0 radical (unpaired) electrons. The second-order valence-electron chi connectivity index (χ2n) is 5.14. The van der Waals surface area contributed by atoms with Crippen LogP contribution in [0.15, 0.2) is 0 Å². The zero-order chi connectivity index (χ0) is 12.9. The minimum atomic E-state index is -0.785. The van der Waals surface area contributed by atoms with E-state index >= 15 is 0 Å². The third kappa shape index (κ3) is 4.26. The number of aliphatic carboxylic acids is 1. The summed E-state index contributed by atoms with van der Waals surface area (Å²) in [6.45, 7) is 7.17. The van der Waals surface area contributed by atoms with E-state index < -0.39 is 11.5 Å². The fraction of sp³-hybridized carbons (Fsp3) is 0.917. The van der Waals surface area contributed by atoms with Crippen molar-refractivity contribution >= 4 is 5.97 Å². The molecule has 100 valence electrons. The van der Waals surface area contributed by atoms with Gasteiger partial charge in [-0.25, -0.2) is 0 Å². The Morgan fingerprint density at radius 1 is 1.35 bits per heavy atom. The summed E-state index contributed by atoms with van der Waals surface area (Å²) in [5.41, 5.74) is -0.785. The van der Waals surface area contributed by atoms with Gasteiger partial charge in [0.1, 0.15) is 5.54 Å². The second-order valence-corrected chi connectivity index (χ2v) is 5.14. The molecular formula is C12H25N3O2. The predicted octanol–water partition coefficient (Wildman–Crippen LogP) is 0.0767. The average Bonchev–Trinajstić information content (AvgIpc) is 2.31. The largest absolute Gasteiger partial charge is 0.480 e. The first kappa shape index (κ1) is 14.4. The third-order valence-corrected chi connectivity index (χ3v) is 3.77. The normalized spacial score (nSPS) is 22.3. The molecule has 0 aliphatic carbocycles. The summed E-state index contributed by atoms with van der Waals surface area (Å²) in [5, 5.41) is 12.0. The maximum Gasteiger partial charge on any atom is 0.323 e. The van der Waals surface area contributed by atoms with Gasteiger partial charge in [0.05, 0.1) is 0 Å². The third-order valence-electron chi connectivity index (χ3n) is 3.77. The van der Waals surface area contributed by atoms with Gasteiger partial charge in [-0.05, 0) is 40.4 Å². The van der Waals surface area contributed by atoms with Crippen LogP contribution in [-0.2, 0) is 4.79 Å². The highest BCUT2D eigenvalue weighted by atomic mass is 16.4. The van der Waals surface area contributed by atoms with Crippen molar-refractivity contribution in [2.24, 2.45) is 0 Å². The number of rotatable bonds is 6. The Hall–Kier alpha value is -0.650. The lowest BCUT2D eigenvalue weighted by Crippen LogP contribution is -2.49. The standard InChI is InChI=1S/C12H25N3O2/c1-12(13-2,11(16)17)5-4-6-15-9-7-14(3)8-10-15/h13H,4-10H2,1-3H3,(H,16,17). The van der Waals surface area contributed by atoms with E-state index in [0.717, 1.165) is 39.1 Å². The van der Waals surface area contributed by atoms with E-state index in [1.807, 2.05) is 0 Å². The Morgan fingerprint density at radius 3 is 2.41 bits per heavy atom. The smallest absolute Gasteiger partial charge is 0.323 e.